The molecule has 0 radical (unpaired) electrons. The van der Waals surface area contributed by atoms with Gasteiger partial charge in [-0.25, -0.2) is 27.9 Å². The van der Waals surface area contributed by atoms with Gasteiger partial charge >= 0.3 is 7.82 Å². The van der Waals surface area contributed by atoms with Crippen LogP contribution in [0, 0.1) is 0 Å². The zero-order valence-corrected chi connectivity index (χ0v) is 24.7. The van der Waals surface area contributed by atoms with E-state index in [0.29, 0.717) is 0 Å². The molecule has 0 spiro atoms. The fraction of sp³-hybridized carbons (Fsp3) is 0.353. The van der Waals surface area contributed by atoms with Gasteiger partial charge in [0.2, 0.25) is 0 Å². The van der Waals surface area contributed by atoms with Gasteiger partial charge in [-0.3, -0.25) is 22.8 Å². The lowest BCUT2D eigenvalue weighted by Crippen LogP contribution is -2.34. The molecule has 0 bridgehead atoms. The van der Waals surface area contributed by atoms with E-state index in [2.05, 4.69) is 36.9 Å². The molecule has 5 unspecified atom stereocenters. The Morgan fingerprint density at radius 1 is 0.884 bits per heavy atom. The summed E-state index contributed by atoms with van der Waals surface area (Å²) in [5.41, 5.74) is 5.89. The fourth-order valence-corrected chi connectivity index (χ4v) is 8.27. The minimum atomic E-state index is -6.46. The number of phosphoric acid groups is 4. The van der Waals surface area contributed by atoms with Crippen molar-refractivity contribution in [2.45, 2.75) is 24.5 Å². The molecule has 8 atom stereocenters. The number of aliphatic hydroxyl groups excluding tert-OH is 2. The number of methoxy groups -OCH3 is 1. The highest BCUT2D eigenvalue weighted by Crippen LogP contribution is 2.66. The smallest absolute Gasteiger partial charge is 0.326 e. The lowest BCUT2D eigenvalue weighted by molar-refractivity contribution is -0.253. The van der Waals surface area contributed by atoms with Crippen LogP contribution in [0.3, 0.4) is 0 Å². The van der Waals surface area contributed by atoms with Crippen LogP contribution in [0.5, 0.6) is 11.5 Å². The number of rotatable bonds is 13. The van der Waals surface area contributed by atoms with Crippen molar-refractivity contribution < 1.29 is 79.5 Å². The van der Waals surface area contributed by atoms with Crippen molar-refractivity contribution >= 4 is 48.3 Å². The van der Waals surface area contributed by atoms with Crippen molar-refractivity contribution in [2.75, 3.05) is 19.5 Å². The van der Waals surface area contributed by atoms with Gasteiger partial charge in [-0.15, -0.1) is 0 Å². The van der Waals surface area contributed by atoms with Crippen molar-refractivity contribution in [2.24, 2.45) is 0 Å². The van der Waals surface area contributed by atoms with Gasteiger partial charge in [-0.05, 0) is 24.3 Å². The Kier molecular flexibility index (Phi) is 9.80. The van der Waals surface area contributed by atoms with E-state index >= 15 is 0 Å². The molecule has 3 aromatic rings. The predicted octanol–water partition coefficient (Wildman–Crippen LogP) is -1.94. The number of aromatic nitrogens is 4. The molecule has 43 heavy (non-hydrogen) atoms. The molecule has 1 aromatic carbocycles. The number of anilines is 1. The van der Waals surface area contributed by atoms with Crippen molar-refractivity contribution in [1.82, 2.24) is 19.5 Å². The van der Waals surface area contributed by atoms with Crippen LogP contribution in [0.25, 0.3) is 11.2 Å². The summed E-state index contributed by atoms with van der Waals surface area (Å²) < 4.78 is 78.6. The normalized spacial score (nSPS) is 26.2. The van der Waals surface area contributed by atoms with Crippen LogP contribution in [0.4, 0.5) is 5.82 Å². The summed E-state index contributed by atoms with van der Waals surface area (Å²) in [5.74, 6) is -0.209. The van der Waals surface area contributed by atoms with Crippen molar-refractivity contribution in [3.63, 3.8) is 0 Å². The second kappa shape index (κ2) is 12.6. The minimum absolute atomic E-state index is 0.0127. The molecule has 1 saturated heterocycles. The van der Waals surface area contributed by atoms with Gasteiger partial charge in [-0.1, -0.05) is 0 Å². The Morgan fingerprint density at radius 2 is 1.47 bits per heavy atom. The molecule has 26 heteroatoms. The minimum Gasteiger partial charge on any atom is -0.756 e. The number of imidazole rings is 1. The van der Waals surface area contributed by atoms with Crippen LogP contribution < -0.4 is 34.6 Å². The molecule has 1 aliphatic heterocycles. The van der Waals surface area contributed by atoms with Gasteiger partial charge in [0.05, 0.1) is 20.0 Å². The summed E-state index contributed by atoms with van der Waals surface area (Å²) in [5, 5.41) is 20.7. The number of nitrogens with two attached hydrogens (primary N) is 1. The first-order chi connectivity index (χ1) is 19.9. The van der Waals surface area contributed by atoms with E-state index in [1.165, 1.54) is 19.2 Å². The second-order valence-corrected chi connectivity index (χ2v) is 14.2. The van der Waals surface area contributed by atoms with E-state index in [1.54, 1.807) is 0 Å². The number of hydrogen-bond acceptors (Lipinski definition) is 21. The third kappa shape index (κ3) is 8.43. The maximum atomic E-state index is 12.1. The topological polar surface area (TPSA) is 335 Å². The first kappa shape index (κ1) is 33.5. The van der Waals surface area contributed by atoms with E-state index in [9.17, 15) is 48.0 Å². The Labute approximate surface area is 240 Å². The number of phosphoric ester groups is 2. The maximum Gasteiger partial charge on any atom is 0.326 e. The van der Waals surface area contributed by atoms with Gasteiger partial charge < -0.3 is 54.0 Å². The molecule has 1 fully saturated rings. The molecule has 1 aliphatic rings. The zero-order chi connectivity index (χ0) is 31.8. The summed E-state index contributed by atoms with van der Waals surface area (Å²) in [4.78, 5) is 59.4. The van der Waals surface area contributed by atoms with Crippen LogP contribution in [-0.2, 0) is 40.5 Å². The van der Waals surface area contributed by atoms with Gasteiger partial charge in [-0.2, -0.15) is 0 Å². The fourth-order valence-electron chi connectivity index (χ4n) is 3.52. The average molecular weight is 689 g/mol. The molecule has 4 rings (SSSR count). The molecule has 2 aromatic heterocycles. The summed E-state index contributed by atoms with van der Waals surface area (Å²) >= 11 is 0. The summed E-state index contributed by atoms with van der Waals surface area (Å²) in [6.07, 6.45) is -4.35. The quantitative estimate of drug-likeness (QED) is 0.164. The van der Waals surface area contributed by atoms with E-state index < -0.39 is 68.2 Å². The molecular weight excluding hydrogens is 670 g/mol. The number of aliphatic hydroxyl groups is 2. The first-order valence-corrected chi connectivity index (χ1v) is 17.1. The molecule has 0 saturated carbocycles. The van der Waals surface area contributed by atoms with Crippen LogP contribution in [-0.4, -0.2) is 61.8 Å². The van der Waals surface area contributed by atoms with E-state index in [1.807, 2.05) is 0 Å². The highest BCUT2D eigenvalue weighted by atomic mass is 31.3. The van der Waals surface area contributed by atoms with E-state index in [0.717, 1.165) is 29.4 Å². The Bertz CT molecular complexity index is 1660. The summed E-state index contributed by atoms with van der Waals surface area (Å²) in [7, 11) is -23.4. The van der Waals surface area contributed by atoms with Gasteiger partial charge in [0.25, 0.3) is 23.5 Å². The van der Waals surface area contributed by atoms with Crippen molar-refractivity contribution in [3.05, 3.63) is 36.9 Å². The van der Waals surface area contributed by atoms with Crippen LogP contribution >= 0.6 is 31.3 Å². The first-order valence-electron chi connectivity index (χ1n) is 11.2. The SMILES string of the molecule is COc1ccc(OP(=O)([O-])OP(=O)([O-])OP(=O)([O-])OP(=O)([O-])OC[C@H]2O[C@@H](n3cnc4c(N)ncnc43)[C@@H](O)C2O)cc1. The zero-order valence-electron chi connectivity index (χ0n) is 21.2. The highest BCUT2D eigenvalue weighted by Gasteiger charge is 2.45. The van der Waals surface area contributed by atoms with Gasteiger partial charge in [0, 0.05) is 0 Å². The average Bonchev–Trinajstić information content (AvgIpc) is 3.42. The van der Waals surface area contributed by atoms with Crippen LogP contribution in [0.2, 0.25) is 0 Å². The molecule has 0 aliphatic carbocycles. The number of benzene rings is 1. The Morgan fingerprint density at radius 3 is 2.09 bits per heavy atom. The largest absolute Gasteiger partial charge is 0.756 e. The number of hydrogen-bond donors (Lipinski definition) is 3. The number of ether oxygens (including phenoxy) is 2. The van der Waals surface area contributed by atoms with Gasteiger partial charge in [0.15, 0.2) is 17.7 Å². The third-order valence-electron chi connectivity index (χ3n) is 5.27. The lowest BCUT2D eigenvalue weighted by Gasteiger charge is -2.36. The predicted molar refractivity (Wildman–Crippen MR) is 129 cm³/mol. The standard InChI is InChI=1S/C17H23N5O17P4/c1-33-9-2-4-10(5-3-9)36-41(27,28)38-43(31,32)39-42(29,30)37-40(25,26)34-6-11-13(23)14(24)17(35-11)22-8-21-12-15(18)19-7-20-16(12)22/h2-5,7-8,11,13-14,17,23-24H,6H2,1H3,(H,25,26)(H,27,28)(H,29,30)(H,31,32)(H2,18,19,20)/p-4/t11-,13?,14+,17-/m1/s1. The lowest BCUT2D eigenvalue weighted by atomic mass is 10.1. The Hall–Kier alpha value is -2.35. The van der Waals surface area contributed by atoms with Gasteiger partial charge in [0.1, 0.15) is 41.7 Å². The Balaban J connectivity index is 1.34. The van der Waals surface area contributed by atoms with Crippen molar-refractivity contribution in [3.8, 4) is 11.5 Å². The summed E-state index contributed by atoms with van der Waals surface area (Å²) in [6.45, 7) is -1.17. The number of nitrogen functional groups attached to an aromatic ring is 1. The highest BCUT2D eigenvalue weighted by molar-refractivity contribution is 7.68. The van der Waals surface area contributed by atoms with Crippen LogP contribution in [0.15, 0.2) is 36.9 Å². The number of nitrogens with zero attached hydrogens (tertiary/aromatic N) is 4. The summed E-state index contributed by atoms with van der Waals surface area (Å²) in [6, 6.07) is 4.53. The molecule has 22 nitrogen and oxygen atoms in total. The van der Waals surface area contributed by atoms with E-state index in [4.69, 9.17) is 15.2 Å². The van der Waals surface area contributed by atoms with Crippen LogP contribution in [0.1, 0.15) is 6.23 Å². The molecule has 238 valence electrons. The second-order valence-electron chi connectivity index (χ2n) is 8.23. The molecular formula is C17H19N5O17P4-4. The monoisotopic (exact) mass is 689 g/mol. The maximum absolute atomic E-state index is 12.1. The van der Waals surface area contributed by atoms with E-state index in [-0.39, 0.29) is 22.7 Å². The van der Waals surface area contributed by atoms with Crippen molar-refractivity contribution in [1.29, 1.82) is 0 Å². The third-order valence-corrected chi connectivity index (χ3v) is 11.0. The number of fused-ring (bicyclic) bond motifs is 1. The molecule has 4 N–H and O–H groups in total. The molecule has 0 amide bonds. The molecule has 3 heterocycles.